The number of aliphatic carboxylic acids is 1. The lowest BCUT2D eigenvalue weighted by atomic mass is 9.99. The molecule has 0 aliphatic heterocycles. The summed E-state index contributed by atoms with van der Waals surface area (Å²) in [6, 6.07) is 0. The van der Waals surface area contributed by atoms with E-state index >= 15 is 0 Å². The lowest BCUT2D eigenvalue weighted by molar-refractivity contribution is -0.147. The summed E-state index contributed by atoms with van der Waals surface area (Å²) >= 11 is 0. The fourth-order valence-corrected chi connectivity index (χ4v) is 1.09. The zero-order valence-corrected chi connectivity index (χ0v) is 7.08. The second-order valence-corrected chi connectivity index (χ2v) is 2.98. The fourth-order valence-electron chi connectivity index (χ4n) is 1.09. The average Bonchev–Trinajstić information content (AvgIpc) is 1.87. The maximum absolute atomic E-state index is 10.2. The van der Waals surface area contributed by atoms with Gasteiger partial charge in [0.2, 0.25) is 0 Å². The molecular formula is C8H16O3. The minimum atomic E-state index is -1.18. The third kappa shape index (κ3) is 4.79. The monoisotopic (exact) mass is 160 g/mol. The van der Waals surface area contributed by atoms with Gasteiger partial charge >= 0.3 is 5.97 Å². The maximum atomic E-state index is 10.2. The van der Waals surface area contributed by atoms with Gasteiger partial charge in [-0.15, -0.1) is 0 Å². The molecule has 0 radical (unpaired) electrons. The number of carboxylic acids is 1. The summed E-state index contributed by atoms with van der Waals surface area (Å²) in [5, 5.41) is 17.3. The van der Waals surface area contributed by atoms with Gasteiger partial charge in [-0.05, 0) is 12.3 Å². The quantitative estimate of drug-likeness (QED) is 0.636. The minimum absolute atomic E-state index is 0.297. The van der Waals surface area contributed by atoms with E-state index in [4.69, 9.17) is 10.2 Å². The Bertz CT molecular complexity index is 123. The van der Waals surface area contributed by atoms with Crippen LogP contribution < -0.4 is 0 Å². The van der Waals surface area contributed by atoms with Crippen molar-refractivity contribution in [1.82, 2.24) is 0 Å². The Balaban J connectivity index is 3.56. The maximum Gasteiger partial charge on any atom is 0.332 e. The first-order chi connectivity index (χ1) is 5.07. The summed E-state index contributed by atoms with van der Waals surface area (Å²) in [4.78, 5) is 10.2. The van der Waals surface area contributed by atoms with Crippen molar-refractivity contribution in [3.63, 3.8) is 0 Å². The van der Waals surface area contributed by atoms with Crippen LogP contribution in [0, 0.1) is 5.92 Å². The highest BCUT2D eigenvalue weighted by atomic mass is 16.4. The molecule has 0 fully saturated rings. The second-order valence-electron chi connectivity index (χ2n) is 2.98. The van der Waals surface area contributed by atoms with Crippen molar-refractivity contribution in [2.75, 3.05) is 0 Å². The van der Waals surface area contributed by atoms with Crippen LogP contribution in [-0.2, 0) is 4.79 Å². The Morgan fingerprint density at radius 1 is 1.55 bits per heavy atom. The molecule has 0 heterocycles. The van der Waals surface area contributed by atoms with E-state index in [9.17, 15) is 4.79 Å². The normalized spacial score (nSPS) is 15.9. The van der Waals surface area contributed by atoms with Crippen molar-refractivity contribution in [3.8, 4) is 0 Å². The van der Waals surface area contributed by atoms with Crippen molar-refractivity contribution in [3.05, 3.63) is 0 Å². The molecule has 3 heteroatoms. The van der Waals surface area contributed by atoms with Crippen molar-refractivity contribution >= 4 is 5.97 Å². The molecule has 0 aromatic carbocycles. The molecule has 3 nitrogen and oxygen atoms in total. The predicted octanol–water partition coefficient (Wildman–Crippen LogP) is 1.26. The van der Waals surface area contributed by atoms with Crippen LogP contribution in [0.15, 0.2) is 0 Å². The molecule has 0 aliphatic carbocycles. The molecule has 0 amide bonds. The standard InChI is InChI=1S/C8H16O3/c1-3-4-6(2)5-7(9)8(10)11/h6-7,9H,3-5H2,1-2H3,(H,10,11)/t6-,7?/m1/s1. The molecule has 0 aromatic rings. The Kier molecular flexibility index (Phi) is 4.86. The van der Waals surface area contributed by atoms with E-state index in [-0.39, 0.29) is 0 Å². The Labute approximate surface area is 67.0 Å². The SMILES string of the molecule is CCC[C@@H](C)CC(O)C(=O)O. The van der Waals surface area contributed by atoms with E-state index in [2.05, 4.69) is 0 Å². The van der Waals surface area contributed by atoms with Gasteiger partial charge in [0.15, 0.2) is 6.10 Å². The summed E-state index contributed by atoms with van der Waals surface area (Å²) < 4.78 is 0. The summed E-state index contributed by atoms with van der Waals surface area (Å²) in [6.07, 6.45) is 1.19. The van der Waals surface area contributed by atoms with Crippen LogP contribution in [0.2, 0.25) is 0 Å². The summed E-state index contributed by atoms with van der Waals surface area (Å²) in [7, 11) is 0. The summed E-state index contributed by atoms with van der Waals surface area (Å²) in [5.74, 6) is -0.820. The van der Waals surface area contributed by atoms with Gasteiger partial charge in [-0.3, -0.25) is 0 Å². The number of hydrogen-bond donors (Lipinski definition) is 2. The highest BCUT2D eigenvalue weighted by molar-refractivity contribution is 5.71. The number of hydrogen-bond acceptors (Lipinski definition) is 2. The third-order valence-corrected chi connectivity index (χ3v) is 1.69. The zero-order valence-electron chi connectivity index (χ0n) is 7.08. The smallest absolute Gasteiger partial charge is 0.332 e. The van der Waals surface area contributed by atoms with E-state index in [1.165, 1.54) is 0 Å². The number of aliphatic hydroxyl groups excluding tert-OH is 1. The van der Waals surface area contributed by atoms with Gasteiger partial charge in [0.25, 0.3) is 0 Å². The lowest BCUT2D eigenvalue weighted by Gasteiger charge is -2.11. The van der Waals surface area contributed by atoms with Crippen LogP contribution >= 0.6 is 0 Å². The fraction of sp³-hybridized carbons (Fsp3) is 0.875. The first-order valence-electron chi connectivity index (χ1n) is 3.98. The number of carboxylic acid groups (broad SMARTS) is 1. The number of carbonyl (C=O) groups is 1. The zero-order chi connectivity index (χ0) is 8.85. The predicted molar refractivity (Wildman–Crippen MR) is 42.3 cm³/mol. The van der Waals surface area contributed by atoms with Gasteiger partial charge in [0.1, 0.15) is 0 Å². The molecule has 11 heavy (non-hydrogen) atoms. The molecule has 1 unspecified atom stereocenters. The van der Waals surface area contributed by atoms with Gasteiger partial charge in [0.05, 0.1) is 0 Å². The van der Waals surface area contributed by atoms with Crippen LogP contribution in [0.4, 0.5) is 0 Å². The van der Waals surface area contributed by atoms with Crippen LogP contribution in [0.1, 0.15) is 33.1 Å². The topological polar surface area (TPSA) is 57.5 Å². The van der Waals surface area contributed by atoms with Crippen LogP contribution in [0.3, 0.4) is 0 Å². The molecule has 0 spiro atoms. The Morgan fingerprint density at radius 2 is 2.09 bits per heavy atom. The lowest BCUT2D eigenvalue weighted by Crippen LogP contribution is -2.21. The average molecular weight is 160 g/mol. The molecule has 0 bridgehead atoms. The van der Waals surface area contributed by atoms with Crippen LogP contribution in [-0.4, -0.2) is 22.3 Å². The number of aliphatic hydroxyl groups is 1. The van der Waals surface area contributed by atoms with Gasteiger partial charge < -0.3 is 10.2 Å². The second kappa shape index (κ2) is 5.13. The largest absolute Gasteiger partial charge is 0.479 e. The molecule has 0 rings (SSSR count). The third-order valence-electron chi connectivity index (χ3n) is 1.69. The van der Waals surface area contributed by atoms with E-state index in [1.54, 1.807) is 0 Å². The molecule has 2 atom stereocenters. The molecule has 0 saturated heterocycles. The van der Waals surface area contributed by atoms with Gasteiger partial charge in [0, 0.05) is 0 Å². The Hall–Kier alpha value is -0.570. The van der Waals surface area contributed by atoms with Gasteiger partial charge in [-0.25, -0.2) is 4.79 Å². The molecule has 66 valence electrons. The van der Waals surface area contributed by atoms with Crippen LogP contribution in [0.5, 0.6) is 0 Å². The van der Waals surface area contributed by atoms with Crippen molar-refractivity contribution in [2.45, 2.75) is 39.2 Å². The molecule has 0 aliphatic rings. The van der Waals surface area contributed by atoms with E-state index < -0.39 is 12.1 Å². The highest BCUT2D eigenvalue weighted by Crippen LogP contribution is 2.12. The highest BCUT2D eigenvalue weighted by Gasteiger charge is 2.15. The number of rotatable bonds is 5. The van der Waals surface area contributed by atoms with Crippen molar-refractivity contribution < 1.29 is 15.0 Å². The summed E-state index contributed by atoms with van der Waals surface area (Å²) in [6.45, 7) is 4.00. The van der Waals surface area contributed by atoms with Crippen molar-refractivity contribution in [2.24, 2.45) is 5.92 Å². The molecule has 0 saturated carbocycles. The minimum Gasteiger partial charge on any atom is -0.479 e. The summed E-state index contributed by atoms with van der Waals surface area (Å²) in [5.41, 5.74) is 0. The van der Waals surface area contributed by atoms with E-state index in [1.807, 2.05) is 13.8 Å². The molecule has 0 aromatic heterocycles. The van der Waals surface area contributed by atoms with Crippen molar-refractivity contribution in [1.29, 1.82) is 0 Å². The first kappa shape index (κ1) is 10.4. The Morgan fingerprint density at radius 3 is 2.45 bits per heavy atom. The van der Waals surface area contributed by atoms with Gasteiger partial charge in [-0.1, -0.05) is 26.7 Å². The van der Waals surface area contributed by atoms with Gasteiger partial charge in [-0.2, -0.15) is 0 Å². The molecule has 2 N–H and O–H groups in total. The molecular weight excluding hydrogens is 144 g/mol. The van der Waals surface area contributed by atoms with E-state index in [0.29, 0.717) is 12.3 Å². The van der Waals surface area contributed by atoms with E-state index in [0.717, 1.165) is 12.8 Å². The van der Waals surface area contributed by atoms with Crippen LogP contribution in [0.25, 0.3) is 0 Å². The first-order valence-corrected chi connectivity index (χ1v) is 3.98.